The Balaban J connectivity index is 1.63. The maximum absolute atomic E-state index is 13.7. The monoisotopic (exact) mass is 640 g/mol. The number of benzene rings is 4. The molecule has 0 bridgehead atoms. The minimum absolute atomic E-state index is 1.04. The first-order valence-electron chi connectivity index (χ1n) is 9.57. The van der Waals surface area contributed by atoms with Crippen LogP contribution in [0.4, 0.5) is 4.53 Å². The quantitative estimate of drug-likeness (QED) is 0.143. The molecule has 0 aliphatic rings. The van der Waals surface area contributed by atoms with Crippen LogP contribution in [0.5, 0.6) is 0 Å². The van der Waals surface area contributed by atoms with Crippen molar-refractivity contribution in [1.82, 2.24) is 0 Å². The van der Waals surface area contributed by atoms with Crippen LogP contribution in [0.25, 0.3) is 0 Å². The van der Waals surface area contributed by atoms with E-state index < -0.39 is 47.8 Å². The Hall–Kier alpha value is -1.79. The van der Waals surface area contributed by atoms with E-state index in [1.807, 2.05) is 121 Å². The van der Waals surface area contributed by atoms with Crippen LogP contribution in [0.3, 0.4) is 0 Å². The standard InChI is InChI=1S/C24H20BFI2O3/c26-29-25(30-27(21-13-5-1-6-14-21)22-15-7-2-8-16-22)31-28(23-17-9-3-10-18-23)24-19-11-4-12-20-24/h1-20H. The molecule has 0 saturated carbocycles. The molecular formula is C24H20BFI2O3. The van der Waals surface area contributed by atoms with Crippen molar-refractivity contribution < 1.29 is 15.4 Å². The summed E-state index contributed by atoms with van der Waals surface area (Å²) in [5, 5.41) is 0. The predicted octanol–water partition coefficient (Wildman–Crippen LogP) is 7.23. The molecule has 0 spiro atoms. The summed E-state index contributed by atoms with van der Waals surface area (Å²) in [7, 11) is -1.39. The fraction of sp³-hybridized carbons (Fsp3) is 0. The van der Waals surface area contributed by atoms with Crippen LogP contribution in [-0.4, -0.2) is 7.32 Å². The van der Waals surface area contributed by atoms with E-state index in [2.05, 4.69) is 4.86 Å². The van der Waals surface area contributed by atoms with E-state index in [-0.39, 0.29) is 0 Å². The first kappa shape index (κ1) is 22.4. The number of hydrogen-bond acceptors (Lipinski definition) is 3. The Morgan fingerprint density at radius 3 is 0.935 bits per heavy atom. The predicted molar refractivity (Wildman–Crippen MR) is 139 cm³/mol. The van der Waals surface area contributed by atoms with Gasteiger partial charge in [0, 0.05) is 0 Å². The van der Waals surface area contributed by atoms with E-state index in [1.54, 1.807) is 0 Å². The third-order valence-corrected chi connectivity index (χ3v) is 13.4. The van der Waals surface area contributed by atoms with E-state index >= 15 is 0 Å². The summed E-state index contributed by atoms with van der Waals surface area (Å²) in [6.45, 7) is 0. The van der Waals surface area contributed by atoms with Crippen molar-refractivity contribution >= 4 is 47.8 Å². The molecule has 4 aromatic carbocycles. The molecule has 0 amide bonds. The summed E-state index contributed by atoms with van der Waals surface area (Å²) in [6.07, 6.45) is 0. The summed E-state index contributed by atoms with van der Waals surface area (Å²) in [6, 6.07) is 39.6. The van der Waals surface area contributed by atoms with Crippen molar-refractivity contribution in [3.8, 4) is 0 Å². The minimum atomic E-state index is -2.46. The second-order valence-corrected chi connectivity index (χ2v) is 15.1. The van der Waals surface area contributed by atoms with Crippen LogP contribution in [0.2, 0.25) is 0 Å². The van der Waals surface area contributed by atoms with Crippen LogP contribution < -0.4 is 0 Å². The van der Waals surface area contributed by atoms with Crippen molar-refractivity contribution in [2.75, 3.05) is 0 Å². The van der Waals surface area contributed by atoms with Gasteiger partial charge in [-0.3, -0.25) is 0 Å². The van der Waals surface area contributed by atoms with Gasteiger partial charge in [-0.1, -0.05) is 0 Å². The molecule has 0 aliphatic carbocycles. The summed E-state index contributed by atoms with van der Waals surface area (Å²) >= 11 is -4.91. The second-order valence-electron chi connectivity index (χ2n) is 6.24. The summed E-state index contributed by atoms with van der Waals surface area (Å²) < 4.78 is 30.4. The third kappa shape index (κ3) is 6.14. The Morgan fingerprint density at radius 1 is 0.452 bits per heavy atom. The Bertz CT molecular complexity index is 879. The van der Waals surface area contributed by atoms with Gasteiger partial charge in [0.2, 0.25) is 0 Å². The van der Waals surface area contributed by atoms with Crippen molar-refractivity contribution in [2.24, 2.45) is 0 Å². The van der Waals surface area contributed by atoms with E-state index in [0.717, 1.165) is 14.3 Å². The van der Waals surface area contributed by atoms with Crippen molar-refractivity contribution in [3.63, 3.8) is 0 Å². The Morgan fingerprint density at radius 2 is 0.710 bits per heavy atom. The van der Waals surface area contributed by atoms with Crippen LogP contribution >= 0.6 is 40.5 Å². The van der Waals surface area contributed by atoms with Crippen LogP contribution in [-0.2, 0) is 10.8 Å². The van der Waals surface area contributed by atoms with Crippen molar-refractivity contribution in [2.45, 2.75) is 0 Å². The fourth-order valence-electron chi connectivity index (χ4n) is 2.76. The zero-order valence-electron chi connectivity index (χ0n) is 16.5. The topological polar surface area (TPSA) is 27.7 Å². The molecule has 31 heavy (non-hydrogen) atoms. The zero-order chi connectivity index (χ0) is 21.3. The SMILES string of the molecule is FOB(OI(c1ccccc1)c1ccccc1)OI(c1ccccc1)c1ccccc1. The van der Waals surface area contributed by atoms with E-state index in [1.165, 1.54) is 0 Å². The molecular weight excluding hydrogens is 620 g/mol. The van der Waals surface area contributed by atoms with Gasteiger partial charge >= 0.3 is 199 Å². The Kier molecular flexibility index (Phi) is 8.48. The van der Waals surface area contributed by atoms with E-state index in [0.29, 0.717) is 0 Å². The summed E-state index contributed by atoms with van der Waals surface area (Å²) in [5.74, 6) is 0. The van der Waals surface area contributed by atoms with Crippen LogP contribution in [0.15, 0.2) is 121 Å². The molecule has 0 aromatic heterocycles. The molecule has 0 radical (unpaired) electrons. The normalized spacial score (nSPS) is 11.6. The number of halogens is 3. The molecule has 0 atom stereocenters. The van der Waals surface area contributed by atoms with Gasteiger partial charge in [0.25, 0.3) is 0 Å². The van der Waals surface area contributed by atoms with Crippen molar-refractivity contribution in [1.29, 1.82) is 0 Å². The zero-order valence-corrected chi connectivity index (χ0v) is 20.8. The second kappa shape index (κ2) is 11.7. The third-order valence-electron chi connectivity index (χ3n) is 4.12. The molecule has 0 unspecified atom stereocenters. The first-order chi connectivity index (χ1) is 15.3. The first-order valence-corrected chi connectivity index (χ1v) is 15.6. The van der Waals surface area contributed by atoms with Gasteiger partial charge < -0.3 is 0 Å². The molecule has 4 aromatic rings. The molecule has 4 rings (SSSR count). The van der Waals surface area contributed by atoms with Gasteiger partial charge in [-0.05, 0) is 0 Å². The Labute approximate surface area is 197 Å². The van der Waals surface area contributed by atoms with Gasteiger partial charge in [0.05, 0.1) is 0 Å². The van der Waals surface area contributed by atoms with Gasteiger partial charge in [0.1, 0.15) is 0 Å². The van der Waals surface area contributed by atoms with Gasteiger partial charge in [-0.2, -0.15) is 0 Å². The molecule has 0 N–H and O–H groups in total. The molecule has 0 aliphatic heterocycles. The average Bonchev–Trinajstić information content (AvgIpc) is 2.86. The molecule has 0 saturated heterocycles. The van der Waals surface area contributed by atoms with Gasteiger partial charge in [-0.15, -0.1) is 0 Å². The van der Waals surface area contributed by atoms with E-state index in [9.17, 15) is 4.53 Å². The van der Waals surface area contributed by atoms with Crippen LogP contribution in [0.1, 0.15) is 0 Å². The molecule has 7 heteroatoms. The molecule has 3 nitrogen and oxygen atoms in total. The fourth-order valence-corrected chi connectivity index (χ4v) is 11.2. The van der Waals surface area contributed by atoms with Crippen molar-refractivity contribution in [3.05, 3.63) is 136 Å². The molecule has 0 fully saturated rings. The molecule has 0 heterocycles. The number of hydrogen-bond donors (Lipinski definition) is 0. The maximum atomic E-state index is 13.7. The van der Waals surface area contributed by atoms with Gasteiger partial charge in [-0.25, -0.2) is 0 Å². The average molecular weight is 640 g/mol. The summed E-state index contributed by atoms with van der Waals surface area (Å²) in [4.78, 5) is 4.23. The van der Waals surface area contributed by atoms with E-state index in [4.69, 9.17) is 5.97 Å². The summed E-state index contributed by atoms with van der Waals surface area (Å²) in [5.41, 5.74) is 0. The van der Waals surface area contributed by atoms with Crippen LogP contribution in [0, 0.1) is 14.3 Å². The van der Waals surface area contributed by atoms with Gasteiger partial charge in [0.15, 0.2) is 0 Å². The number of rotatable bonds is 9. The molecule has 158 valence electrons.